The zero-order chi connectivity index (χ0) is 10.4. The van der Waals surface area contributed by atoms with E-state index in [-0.39, 0.29) is 6.10 Å². The van der Waals surface area contributed by atoms with Crippen molar-refractivity contribution in [2.24, 2.45) is 0 Å². The summed E-state index contributed by atoms with van der Waals surface area (Å²) in [6.45, 7) is 5.69. The van der Waals surface area contributed by atoms with Gasteiger partial charge >= 0.3 is 0 Å². The van der Waals surface area contributed by atoms with Crippen LogP contribution in [0, 0.1) is 6.92 Å². The molecule has 0 aliphatic rings. The minimum atomic E-state index is -0.281. The molecular formula is C12H19NO. The molecule has 1 unspecified atom stereocenters. The molecule has 0 radical (unpaired) electrons. The Morgan fingerprint density at radius 3 is 2.86 bits per heavy atom. The number of aliphatic hydroxyl groups is 1. The third-order valence-electron chi connectivity index (χ3n) is 2.18. The summed E-state index contributed by atoms with van der Waals surface area (Å²) in [4.78, 5) is 0. The lowest BCUT2D eigenvalue weighted by molar-refractivity contribution is 0.172. The normalized spacial score (nSPS) is 12.8. The second-order valence-electron chi connectivity index (χ2n) is 3.65. The highest BCUT2D eigenvalue weighted by atomic mass is 16.3. The number of aryl methyl sites for hydroxylation is 1. The Bertz CT molecular complexity index is 273. The average Bonchev–Trinajstić information content (AvgIpc) is 2.15. The van der Waals surface area contributed by atoms with Crippen molar-refractivity contribution in [3.63, 3.8) is 0 Å². The number of hydrogen-bond acceptors (Lipinski definition) is 2. The molecule has 0 saturated heterocycles. The molecule has 1 rings (SSSR count). The Hall–Kier alpha value is -0.860. The molecule has 0 fully saturated rings. The summed E-state index contributed by atoms with van der Waals surface area (Å²) in [6, 6.07) is 8.28. The zero-order valence-electron chi connectivity index (χ0n) is 8.96. The van der Waals surface area contributed by atoms with Crippen molar-refractivity contribution in [3.8, 4) is 0 Å². The third-order valence-corrected chi connectivity index (χ3v) is 2.18. The summed E-state index contributed by atoms with van der Waals surface area (Å²) >= 11 is 0. The molecule has 1 atom stereocenters. The van der Waals surface area contributed by atoms with Crippen molar-refractivity contribution in [3.05, 3.63) is 35.4 Å². The van der Waals surface area contributed by atoms with Crippen molar-refractivity contribution in [1.29, 1.82) is 0 Å². The van der Waals surface area contributed by atoms with Crippen LogP contribution in [0.3, 0.4) is 0 Å². The van der Waals surface area contributed by atoms with E-state index in [2.05, 4.69) is 30.4 Å². The van der Waals surface area contributed by atoms with Crippen LogP contribution < -0.4 is 5.32 Å². The molecule has 2 N–H and O–H groups in total. The lowest BCUT2D eigenvalue weighted by Crippen LogP contribution is -2.28. The lowest BCUT2D eigenvalue weighted by Gasteiger charge is -2.11. The second-order valence-corrected chi connectivity index (χ2v) is 3.65. The van der Waals surface area contributed by atoms with Crippen LogP contribution in [0.25, 0.3) is 0 Å². The highest BCUT2D eigenvalue weighted by Crippen LogP contribution is 2.06. The highest BCUT2D eigenvalue weighted by Gasteiger charge is 2.04. The predicted octanol–water partition coefficient (Wildman–Crippen LogP) is 1.51. The van der Waals surface area contributed by atoms with E-state index in [1.807, 2.05) is 13.0 Å². The standard InChI is InChI=1S/C12H19NO/c1-3-13-9-12(14)8-11-6-4-5-10(2)7-11/h4-7,12-14H,3,8-9H2,1-2H3. The third kappa shape index (κ3) is 3.90. The molecular weight excluding hydrogens is 174 g/mol. The quantitative estimate of drug-likeness (QED) is 0.743. The summed E-state index contributed by atoms with van der Waals surface area (Å²) in [7, 11) is 0. The maximum atomic E-state index is 9.66. The van der Waals surface area contributed by atoms with Crippen LogP contribution in [0.1, 0.15) is 18.1 Å². The topological polar surface area (TPSA) is 32.3 Å². The molecule has 0 saturated carbocycles. The van der Waals surface area contributed by atoms with Crippen LogP contribution in [-0.4, -0.2) is 24.3 Å². The molecule has 0 amide bonds. The first-order valence-electron chi connectivity index (χ1n) is 5.16. The van der Waals surface area contributed by atoms with Crippen LogP contribution in [0.15, 0.2) is 24.3 Å². The van der Waals surface area contributed by atoms with Crippen LogP contribution in [0.4, 0.5) is 0 Å². The number of likely N-dealkylation sites (N-methyl/N-ethyl adjacent to an activating group) is 1. The zero-order valence-corrected chi connectivity index (χ0v) is 8.96. The fourth-order valence-corrected chi connectivity index (χ4v) is 1.49. The van der Waals surface area contributed by atoms with Gasteiger partial charge in [-0.2, -0.15) is 0 Å². The molecule has 2 nitrogen and oxygen atoms in total. The number of aliphatic hydroxyl groups excluding tert-OH is 1. The summed E-state index contributed by atoms with van der Waals surface area (Å²) in [5, 5.41) is 12.8. The van der Waals surface area contributed by atoms with Gasteiger partial charge < -0.3 is 10.4 Å². The van der Waals surface area contributed by atoms with E-state index in [0.29, 0.717) is 6.54 Å². The Labute approximate surface area is 86.0 Å². The minimum absolute atomic E-state index is 0.281. The van der Waals surface area contributed by atoms with E-state index < -0.39 is 0 Å². The molecule has 0 heterocycles. The average molecular weight is 193 g/mol. The molecule has 0 aromatic heterocycles. The molecule has 78 valence electrons. The van der Waals surface area contributed by atoms with Crippen molar-refractivity contribution in [2.45, 2.75) is 26.4 Å². The Kier molecular flexibility index (Phi) is 4.63. The Morgan fingerprint density at radius 2 is 2.21 bits per heavy atom. The molecule has 0 spiro atoms. The first kappa shape index (κ1) is 11.2. The van der Waals surface area contributed by atoms with E-state index in [1.165, 1.54) is 11.1 Å². The van der Waals surface area contributed by atoms with Crippen molar-refractivity contribution >= 4 is 0 Å². The van der Waals surface area contributed by atoms with Gasteiger partial charge in [0.15, 0.2) is 0 Å². The molecule has 14 heavy (non-hydrogen) atoms. The molecule has 0 aliphatic carbocycles. The molecule has 0 aliphatic heterocycles. The monoisotopic (exact) mass is 193 g/mol. The van der Waals surface area contributed by atoms with Gasteiger partial charge in [0.05, 0.1) is 6.10 Å². The van der Waals surface area contributed by atoms with E-state index in [4.69, 9.17) is 0 Å². The molecule has 1 aromatic carbocycles. The number of hydrogen-bond donors (Lipinski definition) is 2. The summed E-state index contributed by atoms with van der Waals surface area (Å²) < 4.78 is 0. The van der Waals surface area contributed by atoms with Gasteiger partial charge in [0.25, 0.3) is 0 Å². The number of benzene rings is 1. The summed E-state index contributed by atoms with van der Waals surface area (Å²) in [6.07, 6.45) is 0.450. The number of rotatable bonds is 5. The fourth-order valence-electron chi connectivity index (χ4n) is 1.49. The van der Waals surface area contributed by atoms with E-state index >= 15 is 0 Å². The summed E-state index contributed by atoms with van der Waals surface area (Å²) in [5.41, 5.74) is 2.45. The maximum Gasteiger partial charge on any atom is 0.0704 e. The smallest absolute Gasteiger partial charge is 0.0704 e. The number of nitrogens with one attached hydrogen (secondary N) is 1. The molecule has 2 heteroatoms. The first-order valence-corrected chi connectivity index (χ1v) is 5.16. The Morgan fingerprint density at radius 1 is 1.43 bits per heavy atom. The van der Waals surface area contributed by atoms with Crippen LogP contribution in [-0.2, 0) is 6.42 Å². The van der Waals surface area contributed by atoms with Crippen molar-refractivity contribution in [1.82, 2.24) is 5.32 Å². The van der Waals surface area contributed by atoms with Crippen molar-refractivity contribution < 1.29 is 5.11 Å². The second kappa shape index (κ2) is 5.78. The highest BCUT2D eigenvalue weighted by molar-refractivity contribution is 5.22. The predicted molar refractivity (Wildman–Crippen MR) is 59.4 cm³/mol. The lowest BCUT2D eigenvalue weighted by atomic mass is 10.1. The fraction of sp³-hybridized carbons (Fsp3) is 0.500. The van der Waals surface area contributed by atoms with Gasteiger partial charge in [-0.25, -0.2) is 0 Å². The minimum Gasteiger partial charge on any atom is -0.391 e. The maximum absolute atomic E-state index is 9.66. The van der Waals surface area contributed by atoms with Gasteiger partial charge in [-0.3, -0.25) is 0 Å². The van der Waals surface area contributed by atoms with E-state index in [9.17, 15) is 5.11 Å². The Balaban J connectivity index is 2.43. The van der Waals surface area contributed by atoms with Crippen LogP contribution in [0.2, 0.25) is 0 Å². The first-order chi connectivity index (χ1) is 6.72. The van der Waals surface area contributed by atoms with E-state index in [1.54, 1.807) is 0 Å². The van der Waals surface area contributed by atoms with Gasteiger partial charge in [0.1, 0.15) is 0 Å². The SMILES string of the molecule is CCNCC(O)Cc1cccc(C)c1. The largest absolute Gasteiger partial charge is 0.391 e. The van der Waals surface area contributed by atoms with Gasteiger partial charge in [0.2, 0.25) is 0 Å². The van der Waals surface area contributed by atoms with Crippen molar-refractivity contribution in [2.75, 3.05) is 13.1 Å². The van der Waals surface area contributed by atoms with Gasteiger partial charge in [0, 0.05) is 6.54 Å². The van der Waals surface area contributed by atoms with Gasteiger partial charge in [-0.1, -0.05) is 36.8 Å². The van der Waals surface area contributed by atoms with Gasteiger partial charge in [-0.15, -0.1) is 0 Å². The molecule has 1 aromatic rings. The summed E-state index contributed by atoms with van der Waals surface area (Å²) in [5.74, 6) is 0. The van der Waals surface area contributed by atoms with Crippen LogP contribution >= 0.6 is 0 Å². The van der Waals surface area contributed by atoms with E-state index in [0.717, 1.165) is 13.0 Å². The van der Waals surface area contributed by atoms with Gasteiger partial charge in [-0.05, 0) is 25.5 Å². The van der Waals surface area contributed by atoms with Crippen LogP contribution in [0.5, 0.6) is 0 Å². The molecule has 0 bridgehead atoms.